The first-order chi connectivity index (χ1) is 17.8. The van der Waals surface area contributed by atoms with E-state index in [4.69, 9.17) is 4.74 Å². The van der Waals surface area contributed by atoms with E-state index in [1.807, 2.05) is 18.3 Å². The van der Waals surface area contributed by atoms with Crippen LogP contribution in [0.5, 0.6) is 5.75 Å². The molecule has 5 nitrogen and oxygen atoms in total. The van der Waals surface area contributed by atoms with Crippen molar-refractivity contribution in [1.82, 2.24) is 15.2 Å². The lowest BCUT2D eigenvalue weighted by molar-refractivity contribution is -0.121. The van der Waals surface area contributed by atoms with E-state index in [2.05, 4.69) is 63.7 Å². The summed E-state index contributed by atoms with van der Waals surface area (Å²) in [6.07, 6.45) is 10.8. The molecule has 1 saturated heterocycles. The fourth-order valence-electron chi connectivity index (χ4n) is 5.66. The topological polar surface area (TPSA) is 54.5 Å². The third-order valence-electron chi connectivity index (χ3n) is 7.69. The number of nitrogens with zero attached hydrogens (tertiary/aromatic N) is 2. The van der Waals surface area contributed by atoms with Crippen LogP contribution in [0.2, 0.25) is 0 Å². The Morgan fingerprint density at radius 2 is 1.78 bits per heavy atom. The predicted molar refractivity (Wildman–Crippen MR) is 143 cm³/mol. The average molecular weight is 484 g/mol. The number of piperidine rings is 1. The van der Waals surface area contributed by atoms with Crippen LogP contribution in [-0.4, -0.2) is 35.4 Å². The second-order valence-electron chi connectivity index (χ2n) is 10.1. The molecule has 1 aromatic heterocycles. The van der Waals surface area contributed by atoms with Crippen molar-refractivity contribution in [1.29, 1.82) is 0 Å². The number of aromatic nitrogens is 1. The number of likely N-dealkylation sites (tertiary alicyclic amines) is 1. The number of unbranched alkanes of at least 4 members (excludes halogenated alkanes) is 1. The third kappa shape index (κ3) is 6.14. The Morgan fingerprint density at radius 3 is 2.61 bits per heavy atom. The zero-order chi connectivity index (χ0) is 24.6. The van der Waals surface area contributed by atoms with E-state index >= 15 is 0 Å². The second kappa shape index (κ2) is 12.2. The first-order valence-electron chi connectivity index (χ1n) is 13.5. The van der Waals surface area contributed by atoms with Gasteiger partial charge in [-0.3, -0.25) is 14.7 Å². The van der Waals surface area contributed by atoms with Gasteiger partial charge >= 0.3 is 0 Å². The van der Waals surface area contributed by atoms with E-state index in [0.29, 0.717) is 13.0 Å². The Hall–Kier alpha value is -3.18. The summed E-state index contributed by atoms with van der Waals surface area (Å²) in [4.78, 5) is 18.9. The summed E-state index contributed by atoms with van der Waals surface area (Å²) in [5.41, 5.74) is 5.09. The van der Waals surface area contributed by atoms with Crippen LogP contribution in [0.15, 0.2) is 73.1 Å². The van der Waals surface area contributed by atoms with Crippen molar-refractivity contribution < 1.29 is 9.53 Å². The number of carbonyl (C=O) groups is 1. The van der Waals surface area contributed by atoms with Gasteiger partial charge in [-0.05, 0) is 73.5 Å². The van der Waals surface area contributed by atoms with Crippen LogP contribution >= 0.6 is 0 Å². The summed E-state index contributed by atoms with van der Waals surface area (Å²) in [5, 5.41) is 3.09. The van der Waals surface area contributed by atoms with Crippen molar-refractivity contribution in [3.05, 3.63) is 95.3 Å². The van der Waals surface area contributed by atoms with Crippen LogP contribution in [0.25, 0.3) is 0 Å². The van der Waals surface area contributed by atoms with Crippen LogP contribution in [-0.2, 0) is 17.8 Å². The van der Waals surface area contributed by atoms with Crippen LogP contribution in [0.4, 0.5) is 0 Å². The first kappa shape index (κ1) is 24.5. The number of pyridine rings is 1. The van der Waals surface area contributed by atoms with Crippen LogP contribution in [0.3, 0.4) is 0 Å². The average Bonchev–Trinajstić information content (AvgIpc) is 3.10. The maximum Gasteiger partial charge on any atom is 0.220 e. The molecule has 5 heteroatoms. The monoisotopic (exact) mass is 483 g/mol. The maximum atomic E-state index is 12.1. The standard InChI is InChI=1S/C31H37N3O2/c35-30(15-14-25-9-7-18-32-22-25)33-19-6-5-8-24-16-20-34(21-17-24)31-27-11-2-1-10-26(27)23-36-29-13-4-3-12-28(29)31/h1-4,7,9-13,18,22,24,31H,5-6,8,14-17,19-21,23H2,(H,33,35). The number of nitrogens with one attached hydrogen (secondary N) is 1. The van der Waals surface area contributed by atoms with Crippen LogP contribution in [0, 0.1) is 5.92 Å². The molecule has 1 amide bonds. The van der Waals surface area contributed by atoms with Gasteiger partial charge in [0.15, 0.2) is 0 Å². The summed E-state index contributed by atoms with van der Waals surface area (Å²) in [6.45, 7) is 3.65. The van der Waals surface area contributed by atoms with E-state index in [-0.39, 0.29) is 11.9 Å². The van der Waals surface area contributed by atoms with Gasteiger partial charge in [0.1, 0.15) is 12.4 Å². The molecule has 0 bridgehead atoms. The summed E-state index contributed by atoms with van der Waals surface area (Å²) in [5.74, 6) is 1.93. The molecule has 1 atom stereocenters. The summed E-state index contributed by atoms with van der Waals surface area (Å²) in [6, 6.07) is 21.5. The van der Waals surface area contributed by atoms with Gasteiger partial charge in [0, 0.05) is 30.9 Å². The smallest absolute Gasteiger partial charge is 0.220 e. The summed E-state index contributed by atoms with van der Waals surface area (Å²) in [7, 11) is 0. The highest BCUT2D eigenvalue weighted by molar-refractivity contribution is 5.76. The largest absolute Gasteiger partial charge is 0.489 e. The molecular formula is C31H37N3O2. The van der Waals surface area contributed by atoms with Gasteiger partial charge < -0.3 is 10.1 Å². The fraction of sp³-hybridized carbons (Fsp3) is 0.419. The number of fused-ring (bicyclic) bond motifs is 2. The van der Waals surface area contributed by atoms with Crippen molar-refractivity contribution in [2.24, 2.45) is 5.92 Å². The van der Waals surface area contributed by atoms with E-state index in [1.165, 1.54) is 42.4 Å². The van der Waals surface area contributed by atoms with Crippen LogP contribution in [0.1, 0.15) is 66.8 Å². The molecule has 1 N–H and O–H groups in total. The second-order valence-corrected chi connectivity index (χ2v) is 10.1. The van der Waals surface area contributed by atoms with Crippen LogP contribution < -0.4 is 10.1 Å². The number of aryl methyl sites for hydroxylation is 1. The third-order valence-corrected chi connectivity index (χ3v) is 7.69. The number of hydrogen-bond acceptors (Lipinski definition) is 4. The Balaban J connectivity index is 1.06. The molecule has 2 aromatic carbocycles. The lowest BCUT2D eigenvalue weighted by Crippen LogP contribution is -2.37. The normalized spacial score (nSPS) is 17.9. The molecule has 0 aliphatic carbocycles. The number of amides is 1. The lowest BCUT2D eigenvalue weighted by Gasteiger charge is -2.38. The number of carbonyl (C=O) groups excluding carboxylic acids is 1. The SMILES string of the molecule is O=C(CCc1cccnc1)NCCCCC1CCN(C2c3ccccc3COc3ccccc32)CC1. The van der Waals surface area contributed by atoms with Gasteiger partial charge in [0.25, 0.3) is 0 Å². The first-order valence-corrected chi connectivity index (χ1v) is 13.5. The minimum Gasteiger partial charge on any atom is -0.489 e. The highest BCUT2D eigenvalue weighted by atomic mass is 16.5. The van der Waals surface area contributed by atoms with Gasteiger partial charge in [-0.25, -0.2) is 0 Å². The molecule has 2 aliphatic heterocycles. The number of rotatable bonds is 9. The Kier molecular flexibility index (Phi) is 8.29. The van der Waals surface area contributed by atoms with E-state index in [9.17, 15) is 4.79 Å². The van der Waals surface area contributed by atoms with Gasteiger partial charge in [-0.15, -0.1) is 0 Å². The number of hydrogen-bond donors (Lipinski definition) is 1. The van der Waals surface area contributed by atoms with Crippen molar-refractivity contribution >= 4 is 5.91 Å². The van der Waals surface area contributed by atoms with Crippen molar-refractivity contribution in [3.63, 3.8) is 0 Å². The fourth-order valence-corrected chi connectivity index (χ4v) is 5.66. The van der Waals surface area contributed by atoms with E-state index < -0.39 is 0 Å². The van der Waals surface area contributed by atoms with Crippen molar-refractivity contribution in [2.75, 3.05) is 19.6 Å². The minimum absolute atomic E-state index is 0.139. The predicted octanol–water partition coefficient (Wildman–Crippen LogP) is 5.69. The van der Waals surface area contributed by atoms with Gasteiger partial charge in [-0.2, -0.15) is 0 Å². The minimum atomic E-state index is 0.139. The summed E-state index contributed by atoms with van der Waals surface area (Å²) < 4.78 is 6.19. The van der Waals surface area contributed by atoms with Crippen molar-refractivity contribution in [3.8, 4) is 5.75 Å². The molecule has 1 fully saturated rings. The molecule has 36 heavy (non-hydrogen) atoms. The molecule has 2 aliphatic rings. The Labute approximate surface area is 214 Å². The lowest BCUT2D eigenvalue weighted by atomic mass is 9.87. The number of ether oxygens (including phenoxy) is 1. The molecule has 3 aromatic rings. The zero-order valence-electron chi connectivity index (χ0n) is 21.1. The maximum absolute atomic E-state index is 12.1. The van der Waals surface area contributed by atoms with Gasteiger partial charge in [0.05, 0.1) is 6.04 Å². The molecule has 0 saturated carbocycles. The molecule has 0 radical (unpaired) electrons. The quantitative estimate of drug-likeness (QED) is 0.397. The molecule has 5 rings (SSSR count). The molecule has 1 unspecified atom stereocenters. The molecule has 0 spiro atoms. The Morgan fingerprint density at radius 1 is 0.972 bits per heavy atom. The summed E-state index contributed by atoms with van der Waals surface area (Å²) >= 11 is 0. The van der Waals surface area contributed by atoms with E-state index in [1.54, 1.807) is 6.20 Å². The molecule has 3 heterocycles. The number of benzene rings is 2. The molecule has 188 valence electrons. The number of para-hydroxylation sites is 1. The highest BCUT2D eigenvalue weighted by Crippen LogP contribution is 2.41. The highest BCUT2D eigenvalue weighted by Gasteiger charge is 2.31. The Bertz CT molecular complexity index is 1080. The van der Waals surface area contributed by atoms with Gasteiger partial charge in [0.2, 0.25) is 5.91 Å². The van der Waals surface area contributed by atoms with E-state index in [0.717, 1.165) is 49.7 Å². The molecular weight excluding hydrogens is 446 g/mol. The van der Waals surface area contributed by atoms with Gasteiger partial charge in [-0.1, -0.05) is 61.4 Å². The van der Waals surface area contributed by atoms with Crippen molar-refractivity contribution in [2.45, 2.75) is 57.6 Å². The zero-order valence-corrected chi connectivity index (χ0v) is 21.1.